The summed E-state index contributed by atoms with van der Waals surface area (Å²) in [6.45, 7) is 5.79. The van der Waals surface area contributed by atoms with E-state index in [2.05, 4.69) is 4.74 Å². The van der Waals surface area contributed by atoms with Gasteiger partial charge < -0.3 is 9.47 Å². The van der Waals surface area contributed by atoms with Crippen LogP contribution in [0, 0.1) is 5.92 Å². The van der Waals surface area contributed by atoms with Crippen LogP contribution in [-0.2, 0) is 9.47 Å². The topological polar surface area (TPSA) is 35.5 Å². The molecule has 0 aromatic carbocycles. The number of carbonyl (C=O) groups is 1. The fraction of sp³-hybridized carbons (Fsp3) is 0.857. The first-order chi connectivity index (χ1) is 4.57. The van der Waals surface area contributed by atoms with Gasteiger partial charge in [-0.05, 0) is 12.8 Å². The SMILES string of the molecule is COC(=O)O[C@@H](C)C(C)C. The van der Waals surface area contributed by atoms with Gasteiger partial charge >= 0.3 is 6.16 Å². The summed E-state index contributed by atoms with van der Waals surface area (Å²) in [6.07, 6.45) is -0.686. The summed E-state index contributed by atoms with van der Waals surface area (Å²) in [5.74, 6) is 0.332. The van der Waals surface area contributed by atoms with E-state index in [0.717, 1.165) is 0 Å². The normalized spacial score (nSPS) is 12.9. The molecule has 1 atom stereocenters. The van der Waals surface area contributed by atoms with Crippen molar-refractivity contribution in [2.75, 3.05) is 7.11 Å². The highest BCUT2D eigenvalue weighted by atomic mass is 16.7. The largest absolute Gasteiger partial charge is 0.508 e. The Bertz CT molecular complexity index is 109. The van der Waals surface area contributed by atoms with Gasteiger partial charge in [0.05, 0.1) is 7.11 Å². The van der Waals surface area contributed by atoms with Crippen molar-refractivity contribution in [3.8, 4) is 0 Å². The van der Waals surface area contributed by atoms with Crippen LogP contribution in [0.4, 0.5) is 4.79 Å². The molecule has 0 unspecified atom stereocenters. The van der Waals surface area contributed by atoms with Crippen LogP contribution >= 0.6 is 0 Å². The maximum Gasteiger partial charge on any atom is 0.508 e. The van der Waals surface area contributed by atoms with Crippen molar-refractivity contribution < 1.29 is 14.3 Å². The summed E-state index contributed by atoms with van der Waals surface area (Å²) in [4.78, 5) is 10.5. The summed E-state index contributed by atoms with van der Waals surface area (Å²) >= 11 is 0. The third-order valence-electron chi connectivity index (χ3n) is 1.39. The maximum absolute atomic E-state index is 10.5. The van der Waals surface area contributed by atoms with Gasteiger partial charge in [-0.2, -0.15) is 0 Å². The summed E-state index contributed by atoms with van der Waals surface area (Å²) < 4.78 is 9.11. The Balaban J connectivity index is 3.57. The molecular weight excluding hydrogens is 132 g/mol. The second-order valence-corrected chi connectivity index (χ2v) is 2.52. The lowest BCUT2D eigenvalue weighted by Crippen LogP contribution is -2.19. The first-order valence-corrected chi connectivity index (χ1v) is 3.32. The van der Waals surface area contributed by atoms with E-state index in [1.807, 2.05) is 20.8 Å². The third-order valence-corrected chi connectivity index (χ3v) is 1.39. The van der Waals surface area contributed by atoms with Crippen molar-refractivity contribution in [1.29, 1.82) is 0 Å². The van der Waals surface area contributed by atoms with E-state index in [0.29, 0.717) is 5.92 Å². The van der Waals surface area contributed by atoms with Gasteiger partial charge in [0.2, 0.25) is 0 Å². The zero-order valence-electron chi connectivity index (χ0n) is 6.88. The number of hydrogen-bond acceptors (Lipinski definition) is 3. The predicted octanol–water partition coefficient (Wildman–Crippen LogP) is 1.81. The molecule has 0 N–H and O–H groups in total. The highest BCUT2D eigenvalue weighted by molar-refractivity contribution is 5.59. The van der Waals surface area contributed by atoms with Crippen LogP contribution in [0.25, 0.3) is 0 Å². The molecule has 0 heterocycles. The summed E-state index contributed by atoms with van der Waals surface area (Å²) in [6, 6.07) is 0. The minimum Gasteiger partial charge on any atom is -0.438 e. The van der Waals surface area contributed by atoms with Crippen LogP contribution in [0.1, 0.15) is 20.8 Å². The lowest BCUT2D eigenvalue weighted by molar-refractivity contribution is 0.0271. The number of rotatable bonds is 2. The van der Waals surface area contributed by atoms with Gasteiger partial charge in [0.1, 0.15) is 6.10 Å². The number of ether oxygens (including phenoxy) is 2. The maximum atomic E-state index is 10.5. The summed E-state index contributed by atoms with van der Waals surface area (Å²) in [7, 11) is 1.30. The second-order valence-electron chi connectivity index (χ2n) is 2.52. The van der Waals surface area contributed by atoms with Gasteiger partial charge in [0.15, 0.2) is 0 Å². The number of hydrogen-bond donors (Lipinski definition) is 0. The summed E-state index contributed by atoms with van der Waals surface area (Å²) in [5.41, 5.74) is 0. The lowest BCUT2D eigenvalue weighted by Gasteiger charge is -2.14. The molecule has 0 aliphatic carbocycles. The van der Waals surface area contributed by atoms with Crippen LogP contribution in [0.15, 0.2) is 0 Å². The monoisotopic (exact) mass is 146 g/mol. The van der Waals surface area contributed by atoms with Crippen molar-refractivity contribution in [2.45, 2.75) is 26.9 Å². The van der Waals surface area contributed by atoms with E-state index in [1.54, 1.807) is 0 Å². The third kappa shape index (κ3) is 3.33. The van der Waals surface area contributed by atoms with Gasteiger partial charge in [0, 0.05) is 0 Å². The molecule has 0 fully saturated rings. The minimum absolute atomic E-state index is 0.0764. The molecule has 0 rings (SSSR count). The van der Waals surface area contributed by atoms with Crippen molar-refractivity contribution in [3.05, 3.63) is 0 Å². The van der Waals surface area contributed by atoms with Crippen LogP contribution < -0.4 is 0 Å². The van der Waals surface area contributed by atoms with Gasteiger partial charge in [-0.1, -0.05) is 13.8 Å². The smallest absolute Gasteiger partial charge is 0.438 e. The zero-order valence-corrected chi connectivity index (χ0v) is 6.88. The molecule has 0 aliphatic rings. The van der Waals surface area contributed by atoms with Crippen LogP contribution in [0.3, 0.4) is 0 Å². The molecule has 10 heavy (non-hydrogen) atoms. The van der Waals surface area contributed by atoms with Crippen LogP contribution in [-0.4, -0.2) is 19.4 Å². The highest BCUT2D eigenvalue weighted by Crippen LogP contribution is 2.05. The molecule has 0 aromatic rings. The van der Waals surface area contributed by atoms with E-state index < -0.39 is 6.16 Å². The fourth-order valence-electron chi connectivity index (χ4n) is 0.336. The van der Waals surface area contributed by atoms with Gasteiger partial charge in [0.25, 0.3) is 0 Å². The van der Waals surface area contributed by atoms with Crippen molar-refractivity contribution in [2.24, 2.45) is 5.92 Å². The second kappa shape index (κ2) is 4.14. The Morgan fingerprint density at radius 3 is 2.10 bits per heavy atom. The molecule has 0 radical (unpaired) electrons. The first kappa shape index (κ1) is 9.27. The molecule has 0 amide bonds. The predicted molar refractivity (Wildman–Crippen MR) is 37.8 cm³/mol. The average molecular weight is 146 g/mol. The minimum atomic E-state index is -0.610. The van der Waals surface area contributed by atoms with E-state index in [1.165, 1.54) is 7.11 Å². The Labute approximate surface area is 61.3 Å². The molecule has 0 spiro atoms. The molecule has 0 aliphatic heterocycles. The average Bonchev–Trinajstić information content (AvgIpc) is 1.87. The Hall–Kier alpha value is -0.730. The Kier molecular flexibility index (Phi) is 3.84. The first-order valence-electron chi connectivity index (χ1n) is 3.32. The molecule has 3 heteroatoms. The van der Waals surface area contributed by atoms with Crippen molar-refractivity contribution in [1.82, 2.24) is 0 Å². The van der Waals surface area contributed by atoms with E-state index in [9.17, 15) is 4.79 Å². The molecular formula is C7H14O3. The Morgan fingerprint density at radius 2 is 1.80 bits per heavy atom. The van der Waals surface area contributed by atoms with Crippen molar-refractivity contribution >= 4 is 6.16 Å². The van der Waals surface area contributed by atoms with Gasteiger partial charge in [-0.25, -0.2) is 4.79 Å². The van der Waals surface area contributed by atoms with Crippen molar-refractivity contribution in [3.63, 3.8) is 0 Å². The molecule has 60 valence electrons. The van der Waals surface area contributed by atoms with Crippen LogP contribution in [0.5, 0.6) is 0 Å². The molecule has 0 aromatic heterocycles. The Morgan fingerprint density at radius 1 is 1.30 bits per heavy atom. The van der Waals surface area contributed by atoms with Gasteiger partial charge in [-0.3, -0.25) is 0 Å². The summed E-state index contributed by atoms with van der Waals surface area (Å²) in [5, 5.41) is 0. The van der Waals surface area contributed by atoms with Gasteiger partial charge in [-0.15, -0.1) is 0 Å². The fourth-order valence-corrected chi connectivity index (χ4v) is 0.336. The van der Waals surface area contributed by atoms with E-state index in [-0.39, 0.29) is 6.10 Å². The molecule has 0 bridgehead atoms. The highest BCUT2D eigenvalue weighted by Gasteiger charge is 2.11. The quantitative estimate of drug-likeness (QED) is 0.557. The molecule has 0 saturated heterocycles. The number of methoxy groups -OCH3 is 1. The van der Waals surface area contributed by atoms with Crippen LogP contribution in [0.2, 0.25) is 0 Å². The zero-order chi connectivity index (χ0) is 8.15. The van der Waals surface area contributed by atoms with E-state index in [4.69, 9.17) is 4.74 Å². The molecule has 0 saturated carbocycles. The standard InChI is InChI=1S/C7H14O3/c1-5(2)6(3)10-7(8)9-4/h5-6H,1-4H3/t6-/m0/s1. The lowest BCUT2D eigenvalue weighted by atomic mass is 10.1. The van der Waals surface area contributed by atoms with E-state index >= 15 is 0 Å². The number of carbonyl (C=O) groups excluding carboxylic acids is 1. The molecule has 3 nitrogen and oxygen atoms in total.